The summed E-state index contributed by atoms with van der Waals surface area (Å²) in [5.74, 6) is -1.80. The van der Waals surface area contributed by atoms with Crippen LogP contribution in [0.25, 0.3) is 0 Å². The van der Waals surface area contributed by atoms with Crippen molar-refractivity contribution in [2.24, 2.45) is 5.92 Å². The van der Waals surface area contributed by atoms with Crippen LogP contribution in [0.5, 0.6) is 0 Å². The van der Waals surface area contributed by atoms with Crippen molar-refractivity contribution < 1.29 is 14.7 Å². The highest BCUT2D eigenvalue weighted by Gasteiger charge is 2.25. The van der Waals surface area contributed by atoms with Crippen LogP contribution in [-0.4, -0.2) is 63.1 Å². The number of rotatable bonds is 6. The van der Waals surface area contributed by atoms with Crippen LogP contribution in [0.4, 0.5) is 0 Å². The van der Waals surface area contributed by atoms with Gasteiger partial charge in [0.1, 0.15) is 0 Å². The lowest BCUT2D eigenvalue weighted by Gasteiger charge is -2.26. The first-order valence-electron chi connectivity index (χ1n) is 6.67. The number of nitrogens with zero attached hydrogens (tertiary/aromatic N) is 4. The van der Waals surface area contributed by atoms with Crippen molar-refractivity contribution in [3.05, 3.63) is 11.9 Å². The molecule has 20 heavy (non-hydrogen) atoms. The molecule has 0 radical (unpaired) electrons. The third kappa shape index (κ3) is 2.96. The molecule has 1 aliphatic heterocycles. The molecule has 0 spiro atoms. The summed E-state index contributed by atoms with van der Waals surface area (Å²) >= 11 is 0. The number of aliphatic carboxylic acids is 1. The highest BCUT2D eigenvalue weighted by molar-refractivity contribution is 5.92. The molecule has 0 aromatic carbocycles. The Kier molecular flexibility index (Phi) is 4.33. The summed E-state index contributed by atoms with van der Waals surface area (Å²) in [4.78, 5) is 24.6. The summed E-state index contributed by atoms with van der Waals surface area (Å²) in [6, 6.07) is 0.247. The van der Waals surface area contributed by atoms with Crippen LogP contribution < -0.4 is 5.32 Å². The standard InChI is InChI=1S/C12H19N5O3/c1-3-16(6-8(2)12(19)20)11(18)10-7-17(15-14-10)9-4-13-5-9/h7-9,13H,3-6H2,1-2H3,(H,19,20). The van der Waals surface area contributed by atoms with Crippen molar-refractivity contribution in [1.29, 1.82) is 0 Å². The molecule has 1 atom stereocenters. The van der Waals surface area contributed by atoms with Gasteiger partial charge in [-0.05, 0) is 6.92 Å². The lowest BCUT2D eigenvalue weighted by molar-refractivity contribution is -0.141. The third-order valence-corrected chi connectivity index (χ3v) is 3.45. The Hall–Kier alpha value is -1.96. The number of carboxylic acids is 1. The van der Waals surface area contributed by atoms with Gasteiger partial charge < -0.3 is 15.3 Å². The van der Waals surface area contributed by atoms with Gasteiger partial charge >= 0.3 is 5.97 Å². The van der Waals surface area contributed by atoms with Crippen molar-refractivity contribution in [1.82, 2.24) is 25.2 Å². The summed E-state index contributed by atoms with van der Waals surface area (Å²) < 4.78 is 1.68. The van der Waals surface area contributed by atoms with E-state index in [-0.39, 0.29) is 24.2 Å². The van der Waals surface area contributed by atoms with Crippen LogP contribution in [0.2, 0.25) is 0 Å². The zero-order chi connectivity index (χ0) is 14.7. The van der Waals surface area contributed by atoms with Gasteiger partial charge in [-0.2, -0.15) is 0 Å². The van der Waals surface area contributed by atoms with Crippen molar-refractivity contribution in [3.8, 4) is 0 Å². The van der Waals surface area contributed by atoms with E-state index >= 15 is 0 Å². The van der Waals surface area contributed by atoms with Gasteiger partial charge in [0, 0.05) is 26.2 Å². The van der Waals surface area contributed by atoms with Crippen molar-refractivity contribution >= 4 is 11.9 Å². The topological polar surface area (TPSA) is 100 Å². The van der Waals surface area contributed by atoms with Crippen molar-refractivity contribution in [2.45, 2.75) is 19.9 Å². The largest absolute Gasteiger partial charge is 0.481 e. The van der Waals surface area contributed by atoms with E-state index in [1.807, 2.05) is 6.92 Å². The average molecular weight is 281 g/mol. The van der Waals surface area contributed by atoms with Gasteiger partial charge in [0.25, 0.3) is 5.91 Å². The summed E-state index contributed by atoms with van der Waals surface area (Å²) in [6.07, 6.45) is 1.63. The van der Waals surface area contributed by atoms with E-state index in [9.17, 15) is 9.59 Å². The molecule has 1 amide bonds. The van der Waals surface area contributed by atoms with E-state index in [1.165, 1.54) is 4.90 Å². The molecule has 1 aromatic heterocycles. The van der Waals surface area contributed by atoms with Crippen molar-refractivity contribution in [2.75, 3.05) is 26.2 Å². The van der Waals surface area contributed by atoms with Crippen LogP contribution in [0.15, 0.2) is 6.20 Å². The maximum atomic E-state index is 12.3. The Morgan fingerprint density at radius 1 is 1.60 bits per heavy atom. The zero-order valence-corrected chi connectivity index (χ0v) is 11.6. The van der Waals surface area contributed by atoms with Gasteiger partial charge in [0.2, 0.25) is 0 Å². The maximum Gasteiger partial charge on any atom is 0.308 e. The SMILES string of the molecule is CCN(CC(C)C(=O)O)C(=O)c1cn(C2CNC2)nn1. The van der Waals surface area contributed by atoms with Gasteiger partial charge in [-0.3, -0.25) is 9.59 Å². The van der Waals surface area contributed by atoms with Gasteiger partial charge in [-0.25, -0.2) is 4.68 Å². The molecule has 1 aromatic rings. The molecule has 1 saturated heterocycles. The monoisotopic (exact) mass is 281 g/mol. The second-order valence-corrected chi connectivity index (χ2v) is 4.98. The Morgan fingerprint density at radius 3 is 2.80 bits per heavy atom. The van der Waals surface area contributed by atoms with Crippen LogP contribution in [0.3, 0.4) is 0 Å². The summed E-state index contributed by atoms with van der Waals surface area (Å²) in [7, 11) is 0. The van der Waals surface area contributed by atoms with Crippen LogP contribution in [0.1, 0.15) is 30.4 Å². The quantitative estimate of drug-likeness (QED) is 0.736. The van der Waals surface area contributed by atoms with Crippen LogP contribution in [0, 0.1) is 5.92 Å². The van der Waals surface area contributed by atoms with E-state index in [2.05, 4.69) is 15.6 Å². The summed E-state index contributed by atoms with van der Waals surface area (Å²) in [6.45, 7) is 5.65. The maximum absolute atomic E-state index is 12.3. The second-order valence-electron chi connectivity index (χ2n) is 4.98. The molecule has 1 fully saturated rings. The molecular weight excluding hydrogens is 262 g/mol. The number of hydrogen-bond acceptors (Lipinski definition) is 5. The van der Waals surface area contributed by atoms with Gasteiger partial charge in [0.15, 0.2) is 5.69 Å². The predicted molar refractivity (Wildman–Crippen MR) is 70.3 cm³/mol. The normalized spacial score (nSPS) is 16.5. The molecule has 0 saturated carbocycles. The molecule has 0 bridgehead atoms. The molecule has 2 rings (SSSR count). The minimum absolute atomic E-state index is 0.169. The highest BCUT2D eigenvalue weighted by Crippen LogP contribution is 2.11. The number of carbonyl (C=O) groups excluding carboxylic acids is 1. The molecule has 2 N–H and O–H groups in total. The van der Waals surface area contributed by atoms with Crippen molar-refractivity contribution in [3.63, 3.8) is 0 Å². The highest BCUT2D eigenvalue weighted by atomic mass is 16.4. The smallest absolute Gasteiger partial charge is 0.308 e. The average Bonchev–Trinajstić information content (AvgIpc) is 2.81. The Morgan fingerprint density at radius 2 is 2.30 bits per heavy atom. The van der Waals surface area contributed by atoms with E-state index < -0.39 is 11.9 Å². The lowest BCUT2D eigenvalue weighted by atomic mass is 10.1. The number of aromatic nitrogens is 3. The Labute approximate surface area is 116 Å². The molecule has 1 unspecified atom stereocenters. The van der Waals surface area contributed by atoms with E-state index in [0.29, 0.717) is 6.54 Å². The number of carboxylic acid groups (broad SMARTS) is 1. The van der Waals surface area contributed by atoms with E-state index in [1.54, 1.807) is 17.8 Å². The molecule has 8 nitrogen and oxygen atoms in total. The second kappa shape index (κ2) is 6.00. The first kappa shape index (κ1) is 14.4. The minimum atomic E-state index is -0.916. The fourth-order valence-corrected chi connectivity index (χ4v) is 1.94. The molecule has 2 heterocycles. The predicted octanol–water partition coefficient (Wildman–Crippen LogP) is -0.395. The number of amides is 1. The molecule has 8 heteroatoms. The third-order valence-electron chi connectivity index (χ3n) is 3.45. The van der Waals surface area contributed by atoms with Gasteiger partial charge in [-0.1, -0.05) is 12.1 Å². The first-order valence-corrected chi connectivity index (χ1v) is 6.67. The Balaban J connectivity index is 2.03. The summed E-state index contributed by atoms with van der Waals surface area (Å²) in [5, 5.41) is 19.9. The molecule has 0 aliphatic carbocycles. The van der Waals surface area contributed by atoms with Gasteiger partial charge in [0.05, 0.1) is 18.2 Å². The number of hydrogen-bond donors (Lipinski definition) is 2. The fraction of sp³-hybridized carbons (Fsp3) is 0.667. The zero-order valence-electron chi connectivity index (χ0n) is 11.6. The minimum Gasteiger partial charge on any atom is -0.481 e. The van der Waals surface area contributed by atoms with Gasteiger partial charge in [-0.15, -0.1) is 5.10 Å². The number of carbonyl (C=O) groups is 2. The van der Waals surface area contributed by atoms with Crippen LogP contribution in [-0.2, 0) is 4.79 Å². The van der Waals surface area contributed by atoms with E-state index in [0.717, 1.165) is 13.1 Å². The van der Waals surface area contributed by atoms with E-state index in [4.69, 9.17) is 5.11 Å². The fourth-order valence-electron chi connectivity index (χ4n) is 1.94. The lowest BCUT2D eigenvalue weighted by Crippen LogP contribution is -2.43. The molecule has 1 aliphatic rings. The summed E-state index contributed by atoms with van der Waals surface area (Å²) in [5.41, 5.74) is 0.260. The molecule has 110 valence electrons. The number of nitrogens with one attached hydrogen (secondary N) is 1. The first-order chi connectivity index (χ1) is 9.52. The Bertz CT molecular complexity index is 497. The molecular formula is C12H19N5O3. The van der Waals surface area contributed by atoms with Crippen LogP contribution >= 0.6 is 0 Å².